The predicted molar refractivity (Wildman–Crippen MR) is 97.7 cm³/mol. The molecule has 1 N–H and O–H groups in total. The largest absolute Gasteiger partial charge is 0.308 e. The molecule has 1 heterocycles. The molecule has 25 heavy (non-hydrogen) atoms. The molecule has 132 valence electrons. The first-order valence-electron chi connectivity index (χ1n) is 7.59. The molecule has 1 aliphatic heterocycles. The fourth-order valence-electron chi connectivity index (χ4n) is 3.12. The van der Waals surface area contributed by atoms with Crippen molar-refractivity contribution < 1.29 is 17.6 Å². The molecule has 0 radical (unpaired) electrons. The maximum Gasteiger partial charge on any atom is 0.264 e. The van der Waals surface area contributed by atoms with Crippen molar-refractivity contribution in [3.05, 3.63) is 52.3 Å². The minimum absolute atomic E-state index is 0.0133. The highest BCUT2D eigenvalue weighted by Gasteiger charge is 2.35. The highest BCUT2D eigenvalue weighted by molar-refractivity contribution is 9.10. The molecule has 2 aromatic rings. The number of nitrogens with one attached hydrogen (secondary N) is 1. The van der Waals surface area contributed by atoms with Crippen LogP contribution in [0.3, 0.4) is 0 Å². The van der Waals surface area contributed by atoms with Gasteiger partial charge in [-0.15, -0.1) is 0 Å². The van der Waals surface area contributed by atoms with E-state index in [1.807, 2.05) is 13.0 Å². The second kappa shape index (κ2) is 6.42. The van der Waals surface area contributed by atoms with E-state index in [9.17, 15) is 17.6 Å². The summed E-state index contributed by atoms with van der Waals surface area (Å²) < 4.78 is 42.1. The van der Waals surface area contributed by atoms with Crippen molar-refractivity contribution in [1.29, 1.82) is 0 Å². The van der Waals surface area contributed by atoms with Crippen LogP contribution in [0.1, 0.15) is 19.4 Å². The Morgan fingerprint density at radius 2 is 2.04 bits per heavy atom. The summed E-state index contributed by atoms with van der Waals surface area (Å²) >= 11 is 3.33. The lowest BCUT2D eigenvalue weighted by Gasteiger charge is -2.23. The Bertz CT molecular complexity index is 962. The molecule has 0 spiro atoms. The van der Waals surface area contributed by atoms with Crippen LogP contribution in [0.2, 0.25) is 0 Å². The van der Waals surface area contributed by atoms with E-state index in [1.54, 1.807) is 0 Å². The van der Waals surface area contributed by atoms with E-state index in [2.05, 4.69) is 20.7 Å². The number of benzene rings is 2. The van der Waals surface area contributed by atoms with E-state index in [-0.39, 0.29) is 22.5 Å². The summed E-state index contributed by atoms with van der Waals surface area (Å²) in [6, 6.07) is 8.34. The van der Waals surface area contributed by atoms with Gasteiger partial charge in [0.2, 0.25) is 5.91 Å². The number of fused-ring (bicyclic) bond motifs is 1. The van der Waals surface area contributed by atoms with Gasteiger partial charge in [-0.3, -0.25) is 9.52 Å². The Kier molecular flexibility index (Phi) is 4.59. The normalized spacial score (nSPS) is 16.6. The Labute approximate surface area is 154 Å². The molecule has 0 saturated carbocycles. The Morgan fingerprint density at radius 1 is 1.32 bits per heavy atom. The fourth-order valence-corrected chi connectivity index (χ4v) is 5.09. The molecule has 0 aromatic heterocycles. The number of nitrogens with zero attached hydrogens (tertiary/aromatic N) is 1. The molecule has 3 rings (SSSR count). The van der Waals surface area contributed by atoms with Crippen LogP contribution in [0.25, 0.3) is 0 Å². The van der Waals surface area contributed by atoms with Gasteiger partial charge in [-0.25, -0.2) is 12.8 Å². The summed E-state index contributed by atoms with van der Waals surface area (Å²) in [6.07, 6.45) is 0.566. The summed E-state index contributed by atoms with van der Waals surface area (Å²) in [5, 5.41) is 0. The number of hydrogen-bond donors (Lipinski definition) is 1. The second-order valence-electron chi connectivity index (χ2n) is 5.97. The summed E-state index contributed by atoms with van der Waals surface area (Å²) in [4.78, 5) is 13.5. The summed E-state index contributed by atoms with van der Waals surface area (Å²) in [6.45, 7) is 3.27. The maximum atomic E-state index is 13.4. The zero-order valence-electron chi connectivity index (χ0n) is 13.6. The molecule has 5 nitrogen and oxygen atoms in total. The lowest BCUT2D eigenvalue weighted by molar-refractivity contribution is -0.116. The molecule has 1 amide bonds. The van der Waals surface area contributed by atoms with Gasteiger partial charge in [-0.1, -0.05) is 22.0 Å². The minimum Gasteiger partial charge on any atom is -0.308 e. The molecule has 1 aliphatic rings. The molecule has 8 heteroatoms. The van der Waals surface area contributed by atoms with Crippen molar-refractivity contribution in [3.8, 4) is 0 Å². The van der Waals surface area contributed by atoms with Crippen LogP contribution in [-0.4, -0.2) is 20.4 Å². The number of hydrogen-bond acceptors (Lipinski definition) is 3. The van der Waals surface area contributed by atoms with Crippen LogP contribution in [0.5, 0.6) is 0 Å². The molecular weight excluding hydrogens is 411 g/mol. The van der Waals surface area contributed by atoms with Crippen LogP contribution in [0.4, 0.5) is 15.8 Å². The smallest absolute Gasteiger partial charge is 0.264 e. The number of halogens is 2. The van der Waals surface area contributed by atoms with Crippen LogP contribution in [0.15, 0.2) is 45.8 Å². The van der Waals surface area contributed by atoms with Crippen molar-refractivity contribution in [2.24, 2.45) is 0 Å². The fraction of sp³-hybridized carbons (Fsp3) is 0.235. The lowest BCUT2D eigenvalue weighted by Crippen LogP contribution is -2.34. The van der Waals surface area contributed by atoms with Crippen molar-refractivity contribution in [1.82, 2.24) is 0 Å². The van der Waals surface area contributed by atoms with Crippen LogP contribution in [-0.2, 0) is 21.2 Å². The number of rotatable bonds is 3. The zero-order chi connectivity index (χ0) is 18.4. The second-order valence-corrected chi connectivity index (χ2v) is 8.54. The third-order valence-corrected chi connectivity index (χ3v) is 5.87. The minimum atomic E-state index is -4.01. The first-order chi connectivity index (χ1) is 11.7. The van der Waals surface area contributed by atoms with Gasteiger partial charge in [0.1, 0.15) is 10.7 Å². The van der Waals surface area contributed by atoms with Gasteiger partial charge in [-0.05, 0) is 49.2 Å². The van der Waals surface area contributed by atoms with Gasteiger partial charge in [0.25, 0.3) is 10.0 Å². The predicted octanol–water partition coefficient (Wildman–Crippen LogP) is 3.69. The molecule has 0 saturated heterocycles. The van der Waals surface area contributed by atoms with Crippen molar-refractivity contribution in [2.45, 2.75) is 31.2 Å². The molecule has 2 aromatic carbocycles. The number of carbonyl (C=O) groups excluding carboxylic acids is 1. The Hall–Kier alpha value is -1.93. The van der Waals surface area contributed by atoms with E-state index in [0.717, 1.165) is 11.6 Å². The third kappa shape index (κ3) is 3.41. The number of sulfonamides is 1. The molecule has 0 aliphatic carbocycles. The topological polar surface area (TPSA) is 66.5 Å². The van der Waals surface area contributed by atoms with Crippen molar-refractivity contribution in [2.75, 3.05) is 9.62 Å². The number of anilines is 2. The van der Waals surface area contributed by atoms with Gasteiger partial charge in [0.05, 0.1) is 11.4 Å². The maximum absolute atomic E-state index is 13.4. The number of amides is 1. The van der Waals surface area contributed by atoms with Crippen molar-refractivity contribution in [3.63, 3.8) is 0 Å². The quantitative estimate of drug-likeness (QED) is 0.813. The molecule has 1 atom stereocenters. The summed E-state index contributed by atoms with van der Waals surface area (Å²) in [7, 11) is -4.01. The van der Waals surface area contributed by atoms with Gasteiger partial charge in [0, 0.05) is 17.4 Å². The number of carbonyl (C=O) groups is 1. The standard InChI is InChI=1S/C17H16BrFN2O3S/c1-10-6-12-7-13(18)8-16(17(12)21(10)11(2)22)25(23,24)20-15-5-3-4-14(19)9-15/h3-5,7-10,20H,6H2,1-2H3/t10-/m1/s1. The first-order valence-corrected chi connectivity index (χ1v) is 9.87. The Morgan fingerprint density at radius 3 is 2.68 bits per heavy atom. The average Bonchev–Trinajstić information content (AvgIpc) is 2.81. The monoisotopic (exact) mass is 426 g/mol. The van der Waals surface area contributed by atoms with E-state index in [4.69, 9.17) is 0 Å². The van der Waals surface area contributed by atoms with E-state index in [1.165, 1.54) is 36.1 Å². The van der Waals surface area contributed by atoms with E-state index in [0.29, 0.717) is 16.6 Å². The van der Waals surface area contributed by atoms with Crippen LogP contribution in [0, 0.1) is 5.82 Å². The van der Waals surface area contributed by atoms with E-state index >= 15 is 0 Å². The van der Waals surface area contributed by atoms with Crippen LogP contribution >= 0.6 is 15.9 Å². The lowest BCUT2D eigenvalue weighted by atomic mass is 10.1. The SMILES string of the molecule is CC(=O)N1c2c(cc(Br)cc2S(=O)(=O)Nc2cccc(F)c2)C[C@H]1C. The molecule has 0 unspecified atom stereocenters. The molecule has 0 bridgehead atoms. The Balaban J connectivity index is 2.13. The average molecular weight is 427 g/mol. The first kappa shape index (κ1) is 17.9. The molecule has 0 fully saturated rings. The zero-order valence-corrected chi connectivity index (χ0v) is 16.0. The van der Waals surface area contributed by atoms with Crippen LogP contribution < -0.4 is 9.62 Å². The van der Waals surface area contributed by atoms with Gasteiger partial charge in [0.15, 0.2) is 0 Å². The van der Waals surface area contributed by atoms with Gasteiger partial charge in [-0.2, -0.15) is 0 Å². The highest BCUT2D eigenvalue weighted by atomic mass is 79.9. The third-order valence-electron chi connectivity index (χ3n) is 4.02. The van der Waals surface area contributed by atoms with Crippen molar-refractivity contribution >= 4 is 43.2 Å². The van der Waals surface area contributed by atoms with Gasteiger partial charge >= 0.3 is 0 Å². The molecular formula is C17H16BrFN2O3S. The summed E-state index contributed by atoms with van der Waals surface area (Å²) in [5.74, 6) is -0.769. The van der Waals surface area contributed by atoms with E-state index < -0.39 is 15.8 Å². The van der Waals surface area contributed by atoms with Gasteiger partial charge < -0.3 is 4.90 Å². The highest BCUT2D eigenvalue weighted by Crippen LogP contribution is 2.40. The summed E-state index contributed by atoms with van der Waals surface area (Å²) in [5.41, 5.74) is 1.28.